The lowest BCUT2D eigenvalue weighted by Gasteiger charge is -2.15. The first-order chi connectivity index (χ1) is 6.65. The van der Waals surface area contributed by atoms with Gasteiger partial charge in [-0.1, -0.05) is 17.3 Å². The molecule has 0 N–H and O–H groups in total. The Morgan fingerprint density at radius 1 is 1.64 bits per heavy atom. The molecule has 1 aliphatic rings. The number of azide groups is 1. The van der Waals surface area contributed by atoms with Gasteiger partial charge in [0.05, 0.1) is 0 Å². The average molecular weight is 191 g/mol. The quantitative estimate of drug-likeness (QED) is 0.292. The van der Waals surface area contributed by atoms with Crippen LogP contribution in [0.25, 0.3) is 10.4 Å². The Morgan fingerprint density at radius 3 is 2.93 bits per heavy atom. The van der Waals surface area contributed by atoms with Gasteiger partial charge in [-0.3, -0.25) is 4.79 Å². The van der Waals surface area contributed by atoms with Gasteiger partial charge in [-0.15, -0.1) is 0 Å². The van der Waals surface area contributed by atoms with E-state index in [4.69, 9.17) is 5.53 Å². The topological polar surface area (TPSA) is 65.8 Å². The van der Waals surface area contributed by atoms with Crippen LogP contribution in [0.5, 0.6) is 0 Å². The molecule has 0 amide bonds. The molecule has 0 aliphatic heterocycles. The second-order valence-corrected chi connectivity index (χ2v) is 3.53. The zero-order valence-electron chi connectivity index (χ0n) is 8.29. The number of rotatable bonds is 3. The Balaban J connectivity index is 3.03. The van der Waals surface area contributed by atoms with Crippen molar-refractivity contribution in [1.29, 1.82) is 0 Å². The SMILES string of the molecule is C=C(C)CC1=C(N=[N+]=[N-])CCCC1=O. The largest absolute Gasteiger partial charge is 0.295 e. The molecule has 4 nitrogen and oxygen atoms in total. The van der Waals surface area contributed by atoms with Crippen LogP contribution in [0, 0.1) is 0 Å². The van der Waals surface area contributed by atoms with Crippen LogP contribution < -0.4 is 0 Å². The Bertz CT molecular complexity index is 348. The molecule has 0 saturated heterocycles. The summed E-state index contributed by atoms with van der Waals surface area (Å²) >= 11 is 0. The lowest BCUT2D eigenvalue weighted by Crippen LogP contribution is -2.10. The predicted molar refractivity (Wildman–Crippen MR) is 54.5 cm³/mol. The van der Waals surface area contributed by atoms with Gasteiger partial charge >= 0.3 is 0 Å². The molecule has 0 atom stereocenters. The third kappa shape index (κ3) is 2.47. The monoisotopic (exact) mass is 191 g/mol. The average Bonchev–Trinajstić information content (AvgIpc) is 2.11. The molecule has 0 fully saturated rings. The minimum atomic E-state index is 0.0988. The van der Waals surface area contributed by atoms with Gasteiger partial charge < -0.3 is 0 Å². The zero-order valence-corrected chi connectivity index (χ0v) is 8.29. The van der Waals surface area contributed by atoms with Crippen LogP contribution in [-0.2, 0) is 4.79 Å². The second-order valence-electron chi connectivity index (χ2n) is 3.53. The maximum absolute atomic E-state index is 11.5. The molecular formula is C10H13N3O. The lowest BCUT2D eigenvalue weighted by atomic mass is 9.91. The lowest BCUT2D eigenvalue weighted by molar-refractivity contribution is -0.116. The van der Waals surface area contributed by atoms with Crippen molar-refractivity contribution in [2.24, 2.45) is 5.11 Å². The fourth-order valence-electron chi connectivity index (χ4n) is 1.55. The molecule has 0 unspecified atom stereocenters. The summed E-state index contributed by atoms with van der Waals surface area (Å²) in [6, 6.07) is 0. The van der Waals surface area contributed by atoms with E-state index in [0.29, 0.717) is 30.5 Å². The molecule has 14 heavy (non-hydrogen) atoms. The van der Waals surface area contributed by atoms with Gasteiger partial charge in [0.1, 0.15) is 0 Å². The van der Waals surface area contributed by atoms with E-state index in [-0.39, 0.29) is 5.78 Å². The molecule has 0 aromatic heterocycles. The maximum atomic E-state index is 11.5. The summed E-state index contributed by atoms with van der Waals surface area (Å²) < 4.78 is 0. The van der Waals surface area contributed by atoms with E-state index < -0.39 is 0 Å². The first kappa shape index (κ1) is 10.5. The molecule has 0 aromatic rings. The molecule has 0 aromatic carbocycles. The molecule has 1 rings (SSSR count). The zero-order chi connectivity index (χ0) is 10.6. The molecule has 0 heterocycles. The predicted octanol–water partition coefficient (Wildman–Crippen LogP) is 3.27. The van der Waals surface area contributed by atoms with Crippen molar-refractivity contribution in [3.63, 3.8) is 0 Å². The van der Waals surface area contributed by atoms with E-state index in [1.807, 2.05) is 6.92 Å². The number of hydrogen-bond donors (Lipinski definition) is 0. The van der Waals surface area contributed by atoms with Gasteiger partial charge in [0.2, 0.25) is 0 Å². The van der Waals surface area contributed by atoms with Crippen LogP contribution in [0.2, 0.25) is 0 Å². The van der Waals surface area contributed by atoms with Gasteiger partial charge in [-0.25, -0.2) is 0 Å². The van der Waals surface area contributed by atoms with Crippen LogP contribution in [0.15, 0.2) is 28.5 Å². The van der Waals surface area contributed by atoms with Crippen LogP contribution in [0.4, 0.5) is 0 Å². The van der Waals surface area contributed by atoms with Gasteiger partial charge in [-0.05, 0) is 31.7 Å². The highest BCUT2D eigenvalue weighted by molar-refractivity contribution is 5.97. The standard InChI is InChI=1S/C10H13N3O/c1-7(2)6-8-9(12-13-11)4-3-5-10(8)14/h1,3-6H2,2H3. The number of Topliss-reactive ketones (excluding diaryl/α,β-unsaturated/α-hetero) is 1. The third-order valence-corrected chi connectivity index (χ3v) is 2.15. The fraction of sp³-hybridized carbons (Fsp3) is 0.500. The van der Waals surface area contributed by atoms with Crippen molar-refractivity contribution in [3.8, 4) is 0 Å². The van der Waals surface area contributed by atoms with Gasteiger partial charge in [0, 0.05) is 22.6 Å². The summed E-state index contributed by atoms with van der Waals surface area (Å²) in [6.07, 6.45) is 2.59. The van der Waals surface area contributed by atoms with Crippen molar-refractivity contribution >= 4 is 5.78 Å². The maximum Gasteiger partial charge on any atom is 0.159 e. The Morgan fingerprint density at radius 2 is 2.36 bits per heavy atom. The molecular weight excluding hydrogens is 178 g/mol. The van der Waals surface area contributed by atoms with Crippen LogP contribution in [-0.4, -0.2) is 5.78 Å². The minimum Gasteiger partial charge on any atom is -0.295 e. The van der Waals surface area contributed by atoms with Crippen molar-refractivity contribution < 1.29 is 4.79 Å². The Labute approximate surface area is 82.9 Å². The Kier molecular flexibility index (Phi) is 3.48. The summed E-state index contributed by atoms with van der Waals surface area (Å²) in [5, 5.41) is 3.57. The highest BCUT2D eigenvalue weighted by Crippen LogP contribution is 2.27. The molecule has 0 saturated carbocycles. The summed E-state index contributed by atoms with van der Waals surface area (Å²) in [7, 11) is 0. The van der Waals surface area contributed by atoms with E-state index in [1.54, 1.807) is 0 Å². The van der Waals surface area contributed by atoms with E-state index in [9.17, 15) is 4.79 Å². The van der Waals surface area contributed by atoms with Crippen LogP contribution in [0.1, 0.15) is 32.6 Å². The molecule has 0 spiro atoms. The van der Waals surface area contributed by atoms with E-state index >= 15 is 0 Å². The minimum absolute atomic E-state index is 0.0988. The van der Waals surface area contributed by atoms with Crippen molar-refractivity contribution in [2.45, 2.75) is 32.6 Å². The van der Waals surface area contributed by atoms with Gasteiger partial charge in [0.15, 0.2) is 5.78 Å². The molecule has 0 radical (unpaired) electrons. The molecule has 0 bridgehead atoms. The number of hydrogen-bond acceptors (Lipinski definition) is 2. The van der Waals surface area contributed by atoms with Crippen molar-refractivity contribution in [3.05, 3.63) is 33.9 Å². The van der Waals surface area contributed by atoms with Gasteiger partial charge in [-0.2, -0.15) is 0 Å². The highest BCUT2D eigenvalue weighted by Gasteiger charge is 2.19. The second kappa shape index (κ2) is 4.63. The van der Waals surface area contributed by atoms with E-state index in [2.05, 4.69) is 16.6 Å². The number of carbonyl (C=O) groups excluding carboxylic acids is 1. The van der Waals surface area contributed by atoms with Gasteiger partial charge in [0.25, 0.3) is 0 Å². The smallest absolute Gasteiger partial charge is 0.159 e. The Hall–Kier alpha value is -1.54. The molecule has 1 aliphatic carbocycles. The highest BCUT2D eigenvalue weighted by atomic mass is 16.1. The first-order valence-electron chi connectivity index (χ1n) is 4.60. The molecule has 4 heteroatoms. The normalized spacial score (nSPS) is 16.5. The van der Waals surface area contributed by atoms with E-state index in [1.165, 1.54) is 0 Å². The van der Waals surface area contributed by atoms with Crippen molar-refractivity contribution in [1.82, 2.24) is 0 Å². The third-order valence-electron chi connectivity index (χ3n) is 2.15. The number of ketones is 1. The van der Waals surface area contributed by atoms with Crippen molar-refractivity contribution in [2.75, 3.05) is 0 Å². The summed E-state index contributed by atoms with van der Waals surface area (Å²) in [4.78, 5) is 14.3. The number of allylic oxidation sites excluding steroid dienone is 3. The number of nitrogens with zero attached hydrogens (tertiary/aromatic N) is 3. The number of carbonyl (C=O) groups is 1. The van der Waals surface area contributed by atoms with Crippen LogP contribution in [0.3, 0.4) is 0 Å². The molecule has 74 valence electrons. The fourth-order valence-corrected chi connectivity index (χ4v) is 1.55. The summed E-state index contributed by atoms with van der Waals surface area (Å²) in [5.74, 6) is 0.0988. The summed E-state index contributed by atoms with van der Waals surface area (Å²) in [5.41, 5.74) is 10.5. The van der Waals surface area contributed by atoms with E-state index in [0.717, 1.165) is 12.0 Å². The summed E-state index contributed by atoms with van der Waals surface area (Å²) in [6.45, 7) is 5.62. The van der Waals surface area contributed by atoms with Crippen LogP contribution >= 0.6 is 0 Å². The first-order valence-corrected chi connectivity index (χ1v) is 4.60.